The summed E-state index contributed by atoms with van der Waals surface area (Å²) >= 11 is 1.29. The molecule has 0 radical (unpaired) electrons. The van der Waals surface area contributed by atoms with E-state index in [9.17, 15) is 9.59 Å². The Morgan fingerprint density at radius 3 is 2.56 bits per heavy atom. The minimum absolute atomic E-state index is 0.0808. The highest BCUT2D eigenvalue weighted by Crippen LogP contribution is 2.27. The van der Waals surface area contributed by atoms with E-state index in [-0.39, 0.29) is 13.2 Å². The van der Waals surface area contributed by atoms with E-state index in [0.29, 0.717) is 21.8 Å². The van der Waals surface area contributed by atoms with Gasteiger partial charge in [0.25, 0.3) is 5.91 Å². The third-order valence-electron chi connectivity index (χ3n) is 3.72. The molecule has 7 nitrogen and oxygen atoms in total. The maximum absolute atomic E-state index is 12.3. The van der Waals surface area contributed by atoms with E-state index in [1.165, 1.54) is 18.4 Å². The molecule has 1 aromatic heterocycles. The van der Waals surface area contributed by atoms with Crippen molar-refractivity contribution in [3.8, 4) is 11.5 Å². The minimum Gasteiger partial charge on any atom is -0.495 e. The predicted octanol–water partition coefficient (Wildman–Crippen LogP) is 2.39. The fourth-order valence-electron chi connectivity index (χ4n) is 2.49. The van der Waals surface area contributed by atoms with Crippen LogP contribution in [0, 0.1) is 0 Å². The predicted molar refractivity (Wildman–Crippen MR) is 101 cm³/mol. The number of methoxy groups -OCH3 is 2. The number of hydrogen-bond acceptors (Lipinski definition) is 6. The second-order valence-electron chi connectivity index (χ2n) is 5.46. The number of esters is 1. The van der Waals surface area contributed by atoms with Gasteiger partial charge in [0.1, 0.15) is 23.6 Å². The Bertz CT molecular complexity index is 1020. The van der Waals surface area contributed by atoms with Crippen molar-refractivity contribution < 1.29 is 23.8 Å². The second-order valence-corrected chi connectivity index (χ2v) is 6.47. The molecule has 0 N–H and O–H groups in total. The number of benzene rings is 2. The zero-order valence-corrected chi connectivity index (χ0v) is 15.7. The van der Waals surface area contributed by atoms with Crippen molar-refractivity contribution in [1.82, 2.24) is 4.57 Å². The molecule has 3 aromatic rings. The number of carbonyl (C=O) groups is 2. The largest absolute Gasteiger partial charge is 0.495 e. The quantitative estimate of drug-likeness (QED) is 0.608. The molecule has 3 rings (SSSR count). The summed E-state index contributed by atoms with van der Waals surface area (Å²) in [5.74, 6) is 0.265. The smallest absolute Gasteiger partial charge is 0.325 e. The van der Waals surface area contributed by atoms with Crippen LogP contribution >= 0.6 is 11.3 Å². The van der Waals surface area contributed by atoms with E-state index in [1.54, 1.807) is 29.9 Å². The average molecular weight is 386 g/mol. The molecule has 0 atom stereocenters. The molecule has 0 saturated carbocycles. The molecular weight excluding hydrogens is 368 g/mol. The van der Waals surface area contributed by atoms with Crippen LogP contribution in [0.3, 0.4) is 0 Å². The fraction of sp³-hybridized carbons (Fsp3) is 0.211. The first-order valence-electron chi connectivity index (χ1n) is 8.11. The highest BCUT2D eigenvalue weighted by atomic mass is 32.1. The lowest BCUT2D eigenvalue weighted by Gasteiger charge is -2.07. The Labute approximate surface area is 159 Å². The van der Waals surface area contributed by atoms with Gasteiger partial charge in [-0.2, -0.15) is 4.99 Å². The van der Waals surface area contributed by atoms with Crippen molar-refractivity contribution in [2.24, 2.45) is 4.99 Å². The third kappa shape index (κ3) is 4.35. The van der Waals surface area contributed by atoms with Gasteiger partial charge in [0.05, 0.1) is 18.9 Å². The number of ether oxygens (including phenoxy) is 3. The van der Waals surface area contributed by atoms with Crippen molar-refractivity contribution >= 4 is 33.4 Å². The van der Waals surface area contributed by atoms with E-state index < -0.39 is 11.9 Å². The third-order valence-corrected chi connectivity index (χ3v) is 4.77. The first kappa shape index (κ1) is 18.7. The second kappa shape index (κ2) is 8.50. The summed E-state index contributed by atoms with van der Waals surface area (Å²) in [5, 5.41) is 0. The summed E-state index contributed by atoms with van der Waals surface area (Å²) in [6, 6.07) is 14.5. The van der Waals surface area contributed by atoms with E-state index in [1.807, 2.05) is 30.3 Å². The van der Waals surface area contributed by atoms with Gasteiger partial charge in [0, 0.05) is 0 Å². The molecule has 0 aliphatic carbocycles. The van der Waals surface area contributed by atoms with E-state index in [4.69, 9.17) is 14.2 Å². The fourth-order valence-corrected chi connectivity index (χ4v) is 3.55. The zero-order valence-electron chi connectivity index (χ0n) is 14.9. The van der Waals surface area contributed by atoms with Crippen LogP contribution in [0.1, 0.15) is 0 Å². The topological polar surface area (TPSA) is 79.1 Å². The van der Waals surface area contributed by atoms with Gasteiger partial charge in [0.2, 0.25) is 0 Å². The number of carbonyl (C=O) groups excluding carboxylic acids is 2. The Hall–Kier alpha value is -3.13. The number of rotatable bonds is 6. The molecule has 8 heteroatoms. The molecule has 140 valence electrons. The van der Waals surface area contributed by atoms with E-state index >= 15 is 0 Å². The van der Waals surface area contributed by atoms with Crippen molar-refractivity contribution in [3.05, 3.63) is 53.3 Å². The number of para-hydroxylation sites is 2. The number of fused-ring (bicyclic) bond motifs is 1. The first-order valence-corrected chi connectivity index (χ1v) is 8.92. The Balaban J connectivity index is 1.96. The van der Waals surface area contributed by atoms with Crippen LogP contribution in [0.25, 0.3) is 10.2 Å². The summed E-state index contributed by atoms with van der Waals surface area (Å²) in [5.41, 5.74) is 0.686. The van der Waals surface area contributed by atoms with Gasteiger partial charge in [-0.25, -0.2) is 0 Å². The Kier molecular flexibility index (Phi) is 5.87. The molecule has 0 saturated heterocycles. The zero-order chi connectivity index (χ0) is 19.2. The van der Waals surface area contributed by atoms with Crippen LogP contribution in [-0.4, -0.2) is 37.3 Å². The number of amides is 1. The van der Waals surface area contributed by atoms with Gasteiger partial charge in [-0.3, -0.25) is 9.59 Å². The van der Waals surface area contributed by atoms with Crippen LogP contribution in [0.2, 0.25) is 0 Å². The van der Waals surface area contributed by atoms with Crippen molar-refractivity contribution in [2.45, 2.75) is 6.54 Å². The molecule has 1 amide bonds. The highest BCUT2D eigenvalue weighted by Gasteiger charge is 2.15. The Morgan fingerprint density at radius 2 is 1.85 bits per heavy atom. The monoisotopic (exact) mass is 386 g/mol. The lowest BCUT2D eigenvalue weighted by Crippen LogP contribution is -2.23. The highest BCUT2D eigenvalue weighted by molar-refractivity contribution is 7.16. The van der Waals surface area contributed by atoms with Gasteiger partial charge < -0.3 is 18.8 Å². The summed E-state index contributed by atoms with van der Waals surface area (Å²) in [6.45, 7) is -0.282. The van der Waals surface area contributed by atoms with E-state index in [2.05, 4.69) is 4.99 Å². The lowest BCUT2D eigenvalue weighted by atomic mass is 10.3. The van der Waals surface area contributed by atoms with Crippen LogP contribution in [0.4, 0.5) is 0 Å². The molecule has 0 fully saturated rings. The molecule has 0 spiro atoms. The molecular formula is C19H18N2O5S. The number of hydrogen-bond donors (Lipinski definition) is 0. The first-order chi connectivity index (χ1) is 13.1. The molecule has 0 aliphatic heterocycles. The molecule has 0 unspecified atom stereocenters. The molecule has 0 aliphatic rings. The van der Waals surface area contributed by atoms with Crippen molar-refractivity contribution in [2.75, 3.05) is 20.8 Å². The van der Waals surface area contributed by atoms with Crippen LogP contribution in [0.5, 0.6) is 11.5 Å². The number of nitrogens with zero attached hydrogens (tertiary/aromatic N) is 2. The van der Waals surface area contributed by atoms with Crippen LogP contribution in [-0.2, 0) is 20.9 Å². The van der Waals surface area contributed by atoms with Gasteiger partial charge in [-0.05, 0) is 24.3 Å². The maximum atomic E-state index is 12.3. The van der Waals surface area contributed by atoms with Crippen molar-refractivity contribution in [1.29, 1.82) is 0 Å². The van der Waals surface area contributed by atoms with E-state index in [0.717, 1.165) is 4.70 Å². The molecule has 1 heterocycles. The average Bonchev–Trinajstić information content (AvgIpc) is 3.04. The van der Waals surface area contributed by atoms with Gasteiger partial charge in [-0.15, -0.1) is 0 Å². The summed E-state index contributed by atoms with van der Waals surface area (Å²) in [4.78, 5) is 28.6. The summed E-state index contributed by atoms with van der Waals surface area (Å²) < 4.78 is 18.0. The standard InChI is InChI=1S/C19H18N2O5S/c1-24-14-9-6-10-15-18(14)21(11-17(23)25-2)19(27-15)20-16(22)12-26-13-7-4-3-5-8-13/h3-10H,11-12H2,1-2H3. The number of thiazole rings is 1. The summed E-state index contributed by atoms with van der Waals surface area (Å²) in [7, 11) is 2.86. The molecule has 2 aromatic carbocycles. The van der Waals surface area contributed by atoms with Gasteiger partial charge >= 0.3 is 5.97 Å². The summed E-state index contributed by atoms with van der Waals surface area (Å²) in [6.07, 6.45) is 0. The normalized spacial score (nSPS) is 11.4. The Morgan fingerprint density at radius 1 is 1.07 bits per heavy atom. The van der Waals surface area contributed by atoms with Crippen molar-refractivity contribution in [3.63, 3.8) is 0 Å². The maximum Gasteiger partial charge on any atom is 0.325 e. The van der Waals surface area contributed by atoms with Gasteiger partial charge in [-0.1, -0.05) is 35.6 Å². The molecule has 27 heavy (non-hydrogen) atoms. The van der Waals surface area contributed by atoms with Gasteiger partial charge in [0.15, 0.2) is 11.4 Å². The minimum atomic E-state index is -0.456. The van der Waals surface area contributed by atoms with Crippen LogP contribution in [0.15, 0.2) is 53.5 Å². The number of aromatic nitrogens is 1. The SMILES string of the molecule is COC(=O)Cn1c(=NC(=O)COc2ccccc2)sc2cccc(OC)c21. The van der Waals surface area contributed by atoms with Crippen LogP contribution < -0.4 is 14.3 Å². The molecule has 0 bridgehead atoms. The lowest BCUT2D eigenvalue weighted by molar-refractivity contribution is -0.141.